The second-order valence-electron chi connectivity index (χ2n) is 7.49. The fourth-order valence-electron chi connectivity index (χ4n) is 3.59. The maximum atomic E-state index is 12.7. The maximum absolute atomic E-state index is 12.7. The summed E-state index contributed by atoms with van der Waals surface area (Å²) in [5.41, 5.74) is 3.25. The maximum Gasteiger partial charge on any atom is 0.308 e. The first-order valence-electron chi connectivity index (χ1n) is 10.3. The van der Waals surface area contributed by atoms with E-state index in [9.17, 15) is 9.59 Å². The molecule has 0 saturated carbocycles. The van der Waals surface area contributed by atoms with Crippen molar-refractivity contribution in [2.75, 3.05) is 12.4 Å². The molecule has 0 atom stereocenters. The summed E-state index contributed by atoms with van der Waals surface area (Å²) in [7, 11) is 3.38. The zero-order chi connectivity index (χ0) is 23.4. The number of nitrogens with one attached hydrogen (secondary N) is 1. The van der Waals surface area contributed by atoms with Gasteiger partial charge in [-0.15, -0.1) is 0 Å². The van der Waals surface area contributed by atoms with Crippen LogP contribution >= 0.6 is 0 Å². The van der Waals surface area contributed by atoms with E-state index in [0.717, 1.165) is 16.6 Å². The number of ether oxygens (including phenoxy) is 2. The van der Waals surface area contributed by atoms with Crippen molar-refractivity contribution < 1.29 is 19.1 Å². The first-order valence-corrected chi connectivity index (χ1v) is 10.3. The van der Waals surface area contributed by atoms with Crippen molar-refractivity contribution in [2.24, 2.45) is 7.05 Å². The predicted molar refractivity (Wildman–Crippen MR) is 126 cm³/mol. The number of rotatable bonds is 7. The summed E-state index contributed by atoms with van der Waals surface area (Å²) in [4.78, 5) is 24.0. The van der Waals surface area contributed by atoms with Crippen LogP contribution in [-0.4, -0.2) is 33.3 Å². The molecule has 0 spiro atoms. The van der Waals surface area contributed by atoms with E-state index in [2.05, 4.69) is 15.0 Å². The SMILES string of the molecule is COc1ccc(/C=C/C(=O)Nc2cccc3ccn(Cc4ccn(C)n4)c23)cc1OC(C)=O. The van der Waals surface area contributed by atoms with Crippen LogP contribution in [0.2, 0.25) is 0 Å². The Morgan fingerprint density at radius 1 is 1.09 bits per heavy atom. The molecule has 0 radical (unpaired) electrons. The Balaban J connectivity index is 1.54. The second kappa shape index (κ2) is 9.44. The molecule has 8 nitrogen and oxygen atoms in total. The number of benzene rings is 2. The summed E-state index contributed by atoms with van der Waals surface area (Å²) in [6.45, 7) is 1.91. The van der Waals surface area contributed by atoms with E-state index in [1.165, 1.54) is 20.1 Å². The average Bonchev–Trinajstić information content (AvgIpc) is 3.39. The number of esters is 1. The first-order chi connectivity index (χ1) is 15.9. The number of carbonyl (C=O) groups excluding carboxylic acids is 2. The number of methoxy groups -OCH3 is 1. The zero-order valence-electron chi connectivity index (χ0n) is 18.6. The molecule has 0 bridgehead atoms. The lowest BCUT2D eigenvalue weighted by Gasteiger charge is -2.10. The Hall–Kier alpha value is -4.33. The van der Waals surface area contributed by atoms with Gasteiger partial charge >= 0.3 is 5.97 Å². The Bertz CT molecular complexity index is 1350. The molecule has 8 heteroatoms. The van der Waals surface area contributed by atoms with Gasteiger partial charge in [0, 0.05) is 37.8 Å². The summed E-state index contributed by atoms with van der Waals surface area (Å²) < 4.78 is 14.2. The number of fused-ring (bicyclic) bond motifs is 1. The molecule has 1 amide bonds. The van der Waals surface area contributed by atoms with Gasteiger partial charge < -0.3 is 19.4 Å². The topological polar surface area (TPSA) is 87.4 Å². The number of hydrogen-bond donors (Lipinski definition) is 1. The van der Waals surface area contributed by atoms with Crippen molar-refractivity contribution in [3.63, 3.8) is 0 Å². The van der Waals surface area contributed by atoms with Crippen LogP contribution < -0.4 is 14.8 Å². The number of para-hydroxylation sites is 1. The monoisotopic (exact) mass is 444 g/mol. The van der Waals surface area contributed by atoms with E-state index < -0.39 is 5.97 Å². The summed E-state index contributed by atoms with van der Waals surface area (Å²) in [6, 6.07) is 14.9. The Morgan fingerprint density at radius 3 is 2.67 bits per heavy atom. The molecule has 1 N–H and O–H groups in total. The summed E-state index contributed by atoms with van der Waals surface area (Å²) >= 11 is 0. The Labute approximate surface area is 191 Å². The molecule has 0 unspecified atom stereocenters. The Kier molecular flexibility index (Phi) is 6.26. The third-order valence-corrected chi connectivity index (χ3v) is 5.02. The molecule has 0 aliphatic carbocycles. The lowest BCUT2D eigenvalue weighted by Crippen LogP contribution is -2.10. The molecule has 2 aromatic heterocycles. The van der Waals surface area contributed by atoms with Gasteiger partial charge in [-0.1, -0.05) is 18.2 Å². The predicted octanol–water partition coefficient (Wildman–Crippen LogP) is 4.01. The van der Waals surface area contributed by atoms with Gasteiger partial charge in [0.05, 0.1) is 30.6 Å². The van der Waals surface area contributed by atoms with Crippen molar-refractivity contribution in [2.45, 2.75) is 13.5 Å². The van der Waals surface area contributed by atoms with Crippen LogP contribution in [0.1, 0.15) is 18.2 Å². The highest BCUT2D eigenvalue weighted by atomic mass is 16.6. The third kappa shape index (κ3) is 5.12. The highest BCUT2D eigenvalue weighted by Crippen LogP contribution is 2.29. The quantitative estimate of drug-likeness (QED) is 0.264. The van der Waals surface area contributed by atoms with Gasteiger partial charge in [0.1, 0.15) is 0 Å². The summed E-state index contributed by atoms with van der Waals surface area (Å²) in [5, 5.41) is 8.42. The molecular formula is C25H24N4O4. The van der Waals surface area contributed by atoms with Crippen LogP contribution in [0.4, 0.5) is 5.69 Å². The number of hydrogen-bond acceptors (Lipinski definition) is 5. The highest BCUT2D eigenvalue weighted by Gasteiger charge is 2.11. The molecule has 0 fully saturated rings. The normalized spacial score (nSPS) is 11.1. The molecular weight excluding hydrogens is 420 g/mol. The fourth-order valence-corrected chi connectivity index (χ4v) is 3.59. The van der Waals surface area contributed by atoms with Crippen LogP contribution in [-0.2, 0) is 23.2 Å². The molecule has 4 aromatic rings. The third-order valence-electron chi connectivity index (χ3n) is 5.02. The zero-order valence-corrected chi connectivity index (χ0v) is 18.6. The van der Waals surface area contributed by atoms with Crippen molar-refractivity contribution in [1.82, 2.24) is 14.3 Å². The van der Waals surface area contributed by atoms with Gasteiger partial charge in [-0.3, -0.25) is 14.3 Å². The molecule has 0 aliphatic rings. The molecule has 33 heavy (non-hydrogen) atoms. The first kappa shape index (κ1) is 21.9. The molecule has 168 valence electrons. The van der Waals surface area contributed by atoms with E-state index in [-0.39, 0.29) is 5.91 Å². The number of anilines is 1. The molecule has 0 saturated heterocycles. The largest absolute Gasteiger partial charge is 0.493 e. The van der Waals surface area contributed by atoms with E-state index in [1.54, 1.807) is 29.0 Å². The van der Waals surface area contributed by atoms with Crippen LogP contribution in [0.25, 0.3) is 17.0 Å². The second-order valence-corrected chi connectivity index (χ2v) is 7.49. The molecule has 4 rings (SSSR count). The number of amides is 1. The summed E-state index contributed by atoms with van der Waals surface area (Å²) in [6.07, 6.45) is 6.97. The van der Waals surface area contributed by atoms with Crippen LogP contribution in [0.3, 0.4) is 0 Å². The van der Waals surface area contributed by atoms with Crippen molar-refractivity contribution in [3.05, 3.63) is 78.3 Å². The minimum absolute atomic E-state index is 0.280. The van der Waals surface area contributed by atoms with Gasteiger partial charge in [0.25, 0.3) is 0 Å². The van der Waals surface area contributed by atoms with Gasteiger partial charge in [0.15, 0.2) is 11.5 Å². The average molecular weight is 444 g/mol. The van der Waals surface area contributed by atoms with Crippen molar-refractivity contribution >= 4 is 34.5 Å². The van der Waals surface area contributed by atoms with Crippen LogP contribution in [0.5, 0.6) is 11.5 Å². The highest BCUT2D eigenvalue weighted by molar-refractivity contribution is 6.06. The summed E-state index contributed by atoms with van der Waals surface area (Å²) in [5.74, 6) is 0.00346. The van der Waals surface area contributed by atoms with E-state index in [4.69, 9.17) is 9.47 Å². The van der Waals surface area contributed by atoms with E-state index in [0.29, 0.717) is 29.3 Å². The van der Waals surface area contributed by atoms with E-state index >= 15 is 0 Å². The molecule has 2 aromatic carbocycles. The fraction of sp³-hybridized carbons (Fsp3) is 0.160. The standard InChI is InChI=1S/C25H24N4O4/c1-17(30)33-23-15-18(7-9-22(23)32-3)8-10-24(31)26-21-6-4-5-19-11-14-29(25(19)21)16-20-12-13-28(2)27-20/h4-15H,16H2,1-3H3,(H,26,31)/b10-8+. The minimum Gasteiger partial charge on any atom is -0.493 e. The lowest BCUT2D eigenvalue weighted by molar-refractivity contribution is -0.132. The van der Waals surface area contributed by atoms with Gasteiger partial charge in [-0.2, -0.15) is 5.10 Å². The van der Waals surface area contributed by atoms with Gasteiger partial charge in [0.2, 0.25) is 5.91 Å². The van der Waals surface area contributed by atoms with Crippen LogP contribution in [0.15, 0.2) is 67.0 Å². The number of carbonyl (C=O) groups is 2. The van der Waals surface area contributed by atoms with Gasteiger partial charge in [-0.05, 0) is 42.0 Å². The number of aromatic nitrogens is 3. The number of aryl methyl sites for hydroxylation is 1. The molecule has 0 aliphatic heterocycles. The van der Waals surface area contributed by atoms with Gasteiger partial charge in [-0.25, -0.2) is 0 Å². The number of nitrogens with zero attached hydrogens (tertiary/aromatic N) is 3. The van der Waals surface area contributed by atoms with Crippen molar-refractivity contribution in [3.8, 4) is 11.5 Å². The lowest BCUT2D eigenvalue weighted by atomic mass is 10.2. The Morgan fingerprint density at radius 2 is 1.94 bits per heavy atom. The van der Waals surface area contributed by atoms with E-state index in [1.807, 2.05) is 49.8 Å². The minimum atomic E-state index is -0.450. The molecule has 2 heterocycles. The van der Waals surface area contributed by atoms with Crippen molar-refractivity contribution in [1.29, 1.82) is 0 Å². The smallest absolute Gasteiger partial charge is 0.308 e. The van der Waals surface area contributed by atoms with Crippen LogP contribution in [0, 0.1) is 0 Å².